The first-order valence-corrected chi connectivity index (χ1v) is 12.9. The number of hydrogen-bond acceptors (Lipinski definition) is 7. The van der Waals surface area contributed by atoms with Crippen LogP contribution in [0.3, 0.4) is 0 Å². The lowest BCUT2D eigenvalue weighted by molar-refractivity contribution is 0.0938. The molecule has 3 aromatic rings. The van der Waals surface area contributed by atoms with Gasteiger partial charge < -0.3 is 15.4 Å². The van der Waals surface area contributed by atoms with Crippen LogP contribution in [0.4, 0.5) is 5.69 Å². The van der Waals surface area contributed by atoms with Crippen molar-refractivity contribution < 1.29 is 14.3 Å². The van der Waals surface area contributed by atoms with E-state index in [4.69, 9.17) is 4.74 Å². The molecular formula is C28H32N6O3. The fourth-order valence-corrected chi connectivity index (χ4v) is 5.07. The fraction of sp³-hybridized carbons (Fsp3) is 0.393. The van der Waals surface area contributed by atoms with Crippen LogP contribution in [0, 0.1) is 5.92 Å². The predicted molar refractivity (Wildman–Crippen MR) is 142 cm³/mol. The van der Waals surface area contributed by atoms with Gasteiger partial charge in [-0.05, 0) is 47.2 Å². The molecule has 0 radical (unpaired) electrons. The van der Waals surface area contributed by atoms with E-state index in [1.54, 1.807) is 12.1 Å². The average Bonchev–Trinajstić information content (AvgIpc) is 3.46. The van der Waals surface area contributed by atoms with E-state index in [2.05, 4.69) is 26.0 Å². The van der Waals surface area contributed by atoms with Crippen LogP contribution in [-0.2, 0) is 6.54 Å². The second-order valence-electron chi connectivity index (χ2n) is 9.58. The SMILES string of the molecule is COc1ccc(NC(=O)c2ccc(CN3CCN=N3)c3ccccc23)c(C(=O)NCC2CCCCC2)n1. The number of hydrogen-bond donors (Lipinski definition) is 2. The Hall–Kier alpha value is -4.01. The Morgan fingerprint density at radius 3 is 2.57 bits per heavy atom. The Balaban J connectivity index is 1.38. The smallest absolute Gasteiger partial charge is 0.272 e. The van der Waals surface area contributed by atoms with Crippen LogP contribution in [0.25, 0.3) is 10.8 Å². The molecule has 5 rings (SSSR count). The maximum absolute atomic E-state index is 13.5. The van der Waals surface area contributed by atoms with E-state index >= 15 is 0 Å². The number of aromatic nitrogens is 1. The van der Waals surface area contributed by atoms with Crippen molar-refractivity contribution in [1.82, 2.24) is 15.3 Å². The molecule has 1 aromatic heterocycles. The molecule has 1 aliphatic carbocycles. The molecule has 0 bridgehead atoms. The molecule has 2 aliphatic rings. The molecule has 0 unspecified atom stereocenters. The molecule has 1 fully saturated rings. The summed E-state index contributed by atoms with van der Waals surface area (Å²) in [5.41, 5.74) is 2.08. The van der Waals surface area contributed by atoms with Gasteiger partial charge >= 0.3 is 0 Å². The first-order valence-electron chi connectivity index (χ1n) is 12.9. The minimum Gasteiger partial charge on any atom is -0.481 e. The summed E-state index contributed by atoms with van der Waals surface area (Å²) in [6.45, 7) is 2.71. The van der Waals surface area contributed by atoms with Crippen LogP contribution in [-0.4, -0.2) is 48.6 Å². The van der Waals surface area contributed by atoms with E-state index in [1.807, 2.05) is 41.4 Å². The number of carbonyl (C=O) groups excluding carboxylic acids is 2. The van der Waals surface area contributed by atoms with Gasteiger partial charge in [0.1, 0.15) is 0 Å². The largest absolute Gasteiger partial charge is 0.481 e. The number of fused-ring (bicyclic) bond motifs is 1. The van der Waals surface area contributed by atoms with Gasteiger partial charge in [0.15, 0.2) is 5.69 Å². The van der Waals surface area contributed by atoms with Crippen molar-refractivity contribution in [3.8, 4) is 5.88 Å². The zero-order valence-electron chi connectivity index (χ0n) is 21.1. The van der Waals surface area contributed by atoms with Crippen LogP contribution in [0.15, 0.2) is 58.9 Å². The number of amides is 2. The minimum absolute atomic E-state index is 0.142. The molecule has 192 valence electrons. The third-order valence-corrected chi connectivity index (χ3v) is 7.08. The number of benzene rings is 2. The van der Waals surface area contributed by atoms with E-state index < -0.39 is 0 Å². The van der Waals surface area contributed by atoms with Crippen molar-refractivity contribution in [2.75, 3.05) is 32.1 Å². The monoisotopic (exact) mass is 500 g/mol. The summed E-state index contributed by atoms with van der Waals surface area (Å²) in [4.78, 5) is 30.9. The van der Waals surface area contributed by atoms with E-state index in [1.165, 1.54) is 26.4 Å². The highest BCUT2D eigenvalue weighted by molar-refractivity contribution is 6.15. The highest BCUT2D eigenvalue weighted by atomic mass is 16.5. The van der Waals surface area contributed by atoms with Crippen molar-refractivity contribution in [2.45, 2.75) is 38.6 Å². The Kier molecular flexibility index (Phi) is 7.58. The summed E-state index contributed by atoms with van der Waals surface area (Å²) < 4.78 is 5.25. The molecule has 2 N–H and O–H groups in total. The maximum Gasteiger partial charge on any atom is 0.272 e. The molecule has 0 saturated heterocycles. The molecule has 1 saturated carbocycles. The Bertz CT molecular complexity index is 1320. The summed E-state index contributed by atoms with van der Waals surface area (Å²) in [5, 5.41) is 17.9. The number of nitrogens with zero attached hydrogens (tertiary/aromatic N) is 4. The number of pyridine rings is 1. The van der Waals surface area contributed by atoms with E-state index in [-0.39, 0.29) is 17.5 Å². The van der Waals surface area contributed by atoms with Gasteiger partial charge in [0, 0.05) is 18.2 Å². The van der Waals surface area contributed by atoms with Gasteiger partial charge in [0.2, 0.25) is 5.88 Å². The van der Waals surface area contributed by atoms with Crippen molar-refractivity contribution in [3.63, 3.8) is 0 Å². The van der Waals surface area contributed by atoms with Gasteiger partial charge in [0.25, 0.3) is 11.8 Å². The molecule has 37 heavy (non-hydrogen) atoms. The molecule has 2 amide bonds. The number of nitrogens with one attached hydrogen (secondary N) is 2. The number of methoxy groups -OCH3 is 1. The summed E-state index contributed by atoms with van der Waals surface area (Å²) in [6.07, 6.45) is 5.91. The van der Waals surface area contributed by atoms with Crippen molar-refractivity contribution in [3.05, 3.63) is 65.4 Å². The lowest BCUT2D eigenvalue weighted by atomic mass is 9.89. The average molecular weight is 501 g/mol. The van der Waals surface area contributed by atoms with Crippen molar-refractivity contribution in [1.29, 1.82) is 0 Å². The second kappa shape index (κ2) is 11.4. The van der Waals surface area contributed by atoms with Crippen LogP contribution in [0.2, 0.25) is 0 Å². The number of rotatable bonds is 8. The van der Waals surface area contributed by atoms with Crippen molar-refractivity contribution >= 4 is 28.3 Å². The number of ether oxygens (including phenoxy) is 1. The Morgan fingerprint density at radius 2 is 1.81 bits per heavy atom. The number of carbonyl (C=O) groups is 2. The van der Waals surface area contributed by atoms with E-state index in [0.717, 1.165) is 35.7 Å². The first-order chi connectivity index (χ1) is 18.1. The summed E-state index contributed by atoms with van der Waals surface area (Å²) in [7, 11) is 1.50. The predicted octanol–water partition coefficient (Wildman–Crippen LogP) is 4.99. The maximum atomic E-state index is 13.5. The molecule has 1 aliphatic heterocycles. The molecule has 2 heterocycles. The first kappa shape index (κ1) is 24.7. The molecule has 9 nitrogen and oxygen atoms in total. The van der Waals surface area contributed by atoms with Gasteiger partial charge in [-0.25, -0.2) is 4.98 Å². The molecule has 0 atom stereocenters. The quantitative estimate of drug-likeness (QED) is 0.453. The van der Waals surface area contributed by atoms with Gasteiger partial charge in [-0.1, -0.05) is 54.8 Å². The Morgan fingerprint density at radius 1 is 1.00 bits per heavy atom. The lowest BCUT2D eigenvalue weighted by Gasteiger charge is -2.22. The molecule has 9 heteroatoms. The van der Waals surface area contributed by atoms with Gasteiger partial charge in [-0.15, -0.1) is 0 Å². The molecule has 2 aromatic carbocycles. The molecule has 0 spiro atoms. The lowest BCUT2D eigenvalue weighted by Crippen LogP contribution is -2.31. The zero-order valence-corrected chi connectivity index (χ0v) is 21.1. The van der Waals surface area contributed by atoms with Crippen LogP contribution in [0.5, 0.6) is 5.88 Å². The number of anilines is 1. The van der Waals surface area contributed by atoms with Crippen molar-refractivity contribution in [2.24, 2.45) is 16.3 Å². The summed E-state index contributed by atoms with van der Waals surface area (Å²) >= 11 is 0. The molecular weight excluding hydrogens is 468 g/mol. The standard InChI is InChI=1S/C28H32N6O3/c1-37-25-14-13-24(26(32-25)28(36)29-17-19-7-3-2-4-8-19)31-27(35)23-12-11-20(18-34-16-15-30-33-34)21-9-5-6-10-22(21)23/h5-6,9-14,19H,2-4,7-8,15-18H2,1H3,(H,29,36)(H,31,35). The van der Waals surface area contributed by atoms with Gasteiger partial charge in [-0.3, -0.25) is 14.6 Å². The summed E-state index contributed by atoms with van der Waals surface area (Å²) in [6, 6.07) is 14.9. The van der Waals surface area contributed by atoms with Crippen LogP contribution < -0.4 is 15.4 Å². The third-order valence-electron chi connectivity index (χ3n) is 7.08. The topological polar surface area (TPSA) is 108 Å². The fourth-order valence-electron chi connectivity index (χ4n) is 5.07. The van der Waals surface area contributed by atoms with Crippen LogP contribution >= 0.6 is 0 Å². The normalized spacial score (nSPS) is 15.6. The van der Waals surface area contributed by atoms with E-state index in [0.29, 0.717) is 42.7 Å². The highest BCUT2D eigenvalue weighted by Crippen LogP contribution is 2.27. The van der Waals surface area contributed by atoms with Crippen LogP contribution in [0.1, 0.15) is 58.5 Å². The van der Waals surface area contributed by atoms with E-state index in [9.17, 15) is 9.59 Å². The van der Waals surface area contributed by atoms with Gasteiger partial charge in [0.05, 0.1) is 32.4 Å². The minimum atomic E-state index is -0.320. The highest BCUT2D eigenvalue weighted by Gasteiger charge is 2.21. The second-order valence-corrected chi connectivity index (χ2v) is 9.58. The third kappa shape index (κ3) is 5.71. The summed E-state index contributed by atoms with van der Waals surface area (Å²) in [5.74, 6) is 0.166. The zero-order chi connectivity index (χ0) is 25.6. The Labute approximate surface area is 216 Å². The van der Waals surface area contributed by atoms with Gasteiger partial charge in [-0.2, -0.15) is 5.11 Å².